The maximum atomic E-state index is 12.4. The minimum atomic E-state index is -4.95. The zero-order valence-corrected chi connectivity index (χ0v) is 11.0. The number of alkyl halides is 5. The number of ether oxygens (including phenoxy) is 1. The summed E-state index contributed by atoms with van der Waals surface area (Å²) in [6, 6.07) is 1.39. The average molecular weight is 357 g/mol. The van der Waals surface area contributed by atoms with Crippen molar-refractivity contribution in [1.29, 1.82) is 0 Å². The van der Waals surface area contributed by atoms with Gasteiger partial charge in [-0.3, -0.25) is 0 Å². The van der Waals surface area contributed by atoms with Gasteiger partial charge in [-0.2, -0.15) is 0 Å². The van der Waals surface area contributed by atoms with Crippen LogP contribution in [0, 0.1) is 0 Å². The van der Waals surface area contributed by atoms with Crippen molar-refractivity contribution in [3.05, 3.63) is 28.2 Å². The summed E-state index contributed by atoms with van der Waals surface area (Å²) in [5.41, 5.74) is 4.70. The lowest BCUT2D eigenvalue weighted by Crippen LogP contribution is -2.23. The van der Waals surface area contributed by atoms with Crippen molar-refractivity contribution in [3.63, 3.8) is 0 Å². The molecule has 2 N–H and O–H groups in total. The van der Waals surface area contributed by atoms with Crippen LogP contribution in [0.2, 0.25) is 0 Å². The second kappa shape index (κ2) is 6.53. The molecule has 0 aromatic heterocycles. The highest BCUT2D eigenvalue weighted by atomic mass is 79.9. The highest BCUT2D eigenvalue weighted by molar-refractivity contribution is 9.10. The number of halogens is 7. The molecule has 2 nitrogen and oxygen atoms in total. The molecule has 0 aliphatic carbocycles. The predicted molar refractivity (Wildman–Crippen MR) is 61.0 cm³/mol. The van der Waals surface area contributed by atoms with E-state index in [1.165, 1.54) is 6.07 Å². The molecule has 0 heterocycles. The fourth-order valence-electron chi connectivity index (χ4n) is 1.13. The molecule has 0 fully saturated rings. The molecule has 0 radical (unpaired) electrons. The molecule has 1 aromatic carbocycles. The van der Waals surface area contributed by atoms with Gasteiger partial charge in [0.1, 0.15) is 5.75 Å². The van der Waals surface area contributed by atoms with E-state index in [9.17, 15) is 22.0 Å². The SMILES string of the molecule is Cl.N[C@@H](c1cc(Br)ccc1OC(F)(F)F)C(F)F. The van der Waals surface area contributed by atoms with Gasteiger partial charge >= 0.3 is 6.36 Å². The first kappa shape index (κ1) is 17.4. The summed E-state index contributed by atoms with van der Waals surface area (Å²) in [5.74, 6) is -0.728. The molecule has 0 spiro atoms. The van der Waals surface area contributed by atoms with E-state index in [2.05, 4.69) is 20.7 Å². The Morgan fingerprint density at radius 1 is 1.22 bits per heavy atom. The van der Waals surface area contributed by atoms with Crippen LogP contribution < -0.4 is 10.5 Å². The van der Waals surface area contributed by atoms with Gasteiger partial charge in [-0.1, -0.05) is 15.9 Å². The molecular weight excluding hydrogens is 348 g/mol. The zero-order chi connectivity index (χ0) is 13.2. The Bertz CT molecular complexity index is 401. The minimum Gasteiger partial charge on any atom is -0.405 e. The standard InChI is InChI=1S/C9H7BrF5NO.ClH/c10-4-1-2-6(17-9(13,14)15)5(3-4)7(16)8(11)12;/h1-3,7-8H,16H2;1H/t7-;/m0./s1. The number of hydrogen-bond donors (Lipinski definition) is 1. The van der Waals surface area contributed by atoms with Crippen LogP contribution in [0.15, 0.2) is 22.7 Å². The highest BCUT2D eigenvalue weighted by Gasteiger charge is 2.33. The van der Waals surface area contributed by atoms with Crippen LogP contribution in [-0.4, -0.2) is 12.8 Å². The van der Waals surface area contributed by atoms with Gasteiger partial charge in [0.25, 0.3) is 6.43 Å². The Hall–Kier alpha value is -0.600. The quantitative estimate of drug-likeness (QED) is 0.830. The van der Waals surface area contributed by atoms with E-state index in [4.69, 9.17) is 5.73 Å². The topological polar surface area (TPSA) is 35.2 Å². The fraction of sp³-hybridized carbons (Fsp3) is 0.333. The lowest BCUT2D eigenvalue weighted by atomic mass is 10.1. The third-order valence-electron chi connectivity index (χ3n) is 1.83. The van der Waals surface area contributed by atoms with E-state index in [0.717, 1.165) is 12.1 Å². The van der Waals surface area contributed by atoms with Gasteiger partial charge in [0.15, 0.2) is 0 Å². The maximum Gasteiger partial charge on any atom is 0.573 e. The lowest BCUT2D eigenvalue weighted by molar-refractivity contribution is -0.275. The second-order valence-electron chi connectivity index (χ2n) is 3.09. The van der Waals surface area contributed by atoms with Crippen LogP contribution in [0.4, 0.5) is 22.0 Å². The number of hydrogen-bond acceptors (Lipinski definition) is 2. The van der Waals surface area contributed by atoms with Gasteiger partial charge in [-0.15, -0.1) is 25.6 Å². The normalized spacial score (nSPS) is 13.1. The molecule has 1 aromatic rings. The van der Waals surface area contributed by atoms with Gasteiger partial charge < -0.3 is 10.5 Å². The second-order valence-corrected chi connectivity index (χ2v) is 4.01. The zero-order valence-electron chi connectivity index (χ0n) is 8.55. The molecule has 0 bridgehead atoms. The molecule has 0 unspecified atom stereocenters. The van der Waals surface area contributed by atoms with E-state index in [1.807, 2.05) is 0 Å². The molecule has 18 heavy (non-hydrogen) atoms. The summed E-state index contributed by atoms with van der Waals surface area (Å²) in [6.07, 6.45) is -7.94. The van der Waals surface area contributed by atoms with Gasteiger partial charge in [0.2, 0.25) is 0 Å². The van der Waals surface area contributed by atoms with Crippen LogP contribution in [-0.2, 0) is 0 Å². The molecule has 1 atom stereocenters. The van der Waals surface area contributed by atoms with Crippen molar-refractivity contribution >= 4 is 28.3 Å². The smallest absolute Gasteiger partial charge is 0.405 e. The third kappa shape index (κ3) is 4.95. The summed E-state index contributed by atoms with van der Waals surface area (Å²) in [5, 5.41) is 0. The predicted octanol–water partition coefficient (Wildman–Crippen LogP) is 4.03. The van der Waals surface area contributed by atoms with Gasteiger partial charge in [0, 0.05) is 10.0 Å². The fourth-order valence-corrected chi connectivity index (χ4v) is 1.51. The van der Waals surface area contributed by atoms with Crippen molar-refractivity contribution in [2.75, 3.05) is 0 Å². The molecule has 0 saturated heterocycles. The maximum absolute atomic E-state index is 12.4. The summed E-state index contributed by atoms with van der Waals surface area (Å²) in [4.78, 5) is 0. The van der Waals surface area contributed by atoms with E-state index in [0.29, 0.717) is 4.47 Å². The Kier molecular flexibility index (Phi) is 6.32. The molecule has 1 rings (SSSR count). The van der Waals surface area contributed by atoms with Crippen LogP contribution in [0.1, 0.15) is 11.6 Å². The minimum absolute atomic E-state index is 0. The number of benzene rings is 1. The third-order valence-corrected chi connectivity index (χ3v) is 2.32. The largest absolute Gasteiger partial charge is 0.573 e. The molecule has 0 aliphatic rings. The molecular formula is C9H8BrClF5NO. The Balaban J connectivity index is 0.00000289. The van der Waals surface area contributed by atoms with Crippen LogP contribution in [0.25, 0.3) is 0 Å². The van der Waals surface area contributed by atoms with Gasteiger partial charge in [0.05, 0.1) is 6.04 Å². The van der Waals surface area contributed by atoms with Crippen LogP contribution in [0.3, 0.4) is 0 Å². The van der Waals surface area contributed by atoms with Crippen molar-refractivity contribution in [3.8, 4) is 5.75 Å². The first-order chi connectivity index (χ1) is 7.70. The van der Waals surface area contributed by atoms with E-state index < -0.39 is 30.1 Å². The molecule has 9 heteroatoms. The van der Waals surface area contributed by atoms with Gasteiger partial charge in [-0.05, 0) is 18.2 Å². The summed E-state index contributed by atoms with van der Waals surface area (Å²) < 4.78 is 64.8. The highest BCUT2D eigenvalue weighted by Crippen LogP contribution is 2.33. The van der Waals surface area contributed by atoms with Crippen molar-refractivity contribution in [1.82, 2.24) is 0 Å². The summed E-state index contributed by atoms with van der Waals surface area (Å²) in [6.45, 7) is 0. The molecule has 104 valence electrons. The number of rotatable bonds is 3. The van der Waals surface area contributed by atoms with Crippen molar-refractivity contribution < 1.29 is 26.7 Å². The van der Waals surface area contributed by atoms with Crippen molar-refractivity contribution in [2.45, 2.75) is 18.8 Å². The first-order valence-corrected chi connectivity index (χ1v) is 5.09. The van der Waals surface area contributed by atoms with Crippen molar-refractivity contribution in [2.24, 2.45) is 5.73 Å². The van der Waals surface area contributed by atoms with Crippen LogP contribution >= 0.6 is 28.3 Å². The Morgan fingerprint density at radius 3 is 2.22 bits per heavy atom. The van der Waals surface area contributed by atoms with E-state index in [-0.39, 0.29) is 12.4 Å². The van der Waals surface area contributed by atoms with Gasteiger partial charge in [-0.25, -0.2) is 8.78 Å². The lowest BCUT2D eigenvalue weighted by Gasteiger charge is -2.17. The Labute approximate surface area is 114 Å². The molecule has 0 aliphatic heterocycles. The monoisotopic (exact) mass is 355 g/mol. The number of nitrogens with two attached hydrogens (primary N) is 1. The molecule has 0 saturated carbocycles. The van der Waals surface area contributed by atoms with E-state index in [1.54, 1.807) is 0 Å². The van der Waals surface area contributed by atoms with E-state index >= 15 is 0 Å². The Morgan fingerprint density at radius 2 is 1.78 bits per heavy atom. The molecule has 0 amide bonds. The average Bonchev–Trinajstić information content (AvgIpc) is 2.17. The van der Waals surface area contributed by atoms with Crippen LogP contribution in [0.5, 0.6) is 5.75 Å². The summed E-state index contributed by atoms with van der Waals surface area (Å²) in [7, 11) is 0. The first-order valence-electron chi connectivity index (χ1n) is 4.29. The summed E-state index contributed by atoms with van der Waals surface area (Å²) >= 11 is 2.96.